The number of pyridine rings is 2. The summed E-state index contributed by atoms with van der Waals surface area (Å²) in [7, 11) is 3.34. The quantitative estimate of drug-likeness (QED) is 0.177. The Labute approximate surface area is 311 Å². The number of halogens is 1. The van der Waals surface area contributed by atoms with Crippen molar-refractivity contribution in [1.82, 2.24) is 30.4 Å². The van der Waals surface area contributed by atoms with Crippen LogP contribution >= 0.6 is 11.6 Å². The molecule has 52 heavy (non-hydrogen) atoms. The van der Waals surface area contributed by atoms with Crippen molar-refractivity contribution >= 4 is 23.4 Å². The Hall–Kier alpha value is -4.51. The van der Waals surface area contributed by atoms with Gasteiger partial charge >= 0.3 is 0 Å². The first-order chi connectivity index (χ1) is 25.2. The second-order valence-electron chi connectivity index (χ2n) is 13.7. The normalized spacial score (nSPS) is 15.5. The van der Waals surface area contributed by atoms with Crippen LogP contribution in [0.25, 0.3) is 33.6 Å². The molecule has 0 aliphatic carbocycles. The Morgan fingerprint density at radius 2 is 1.38 bits per heavy atom. The molecule has 0 unspecified atom stereocenters. The van der Waals surface area contributed by atoms with Gasteiger partial charge in [0.1, 0.15) is 5.75 Å². The predicted octanol–water partition coefficient (Wildman–Crippen LogP) is 6.66. The molecular weight excluding hydrogens is 676 g/mol. The third kappa shape index (κ3) is 8.41. The summed E-state index contributed by atoms with van der Waals surface area (Å²) < 4.78 is 11.6. The van der Waals surface area contributed by atoms with Gasteiger partial charge < -0.3 is 29.9 Å². The van der Waals surface area contributed by atoms with Crippen LogP contribution in [-0.4, -0.2) is 84.1 Å². The molecule has 0 saturated carbocycles. The van der Waals surface area contributed by atoms with E-state index in [1.807, 2.05) is 40.1 Å². The number of rotatable bonds is 11. The maximum Gasteiger partial charge on any atom is 0.219 e. The molecule has 10 nitrogen and oxygen atoms in total. The Bertz CT molecular complexity index is 1770. The van der Waals surface area contributed by atoms with E-state index in [-0.39, 0.29) is 11.8 Å². The summed E-state index contributed by atoms with van der Waals surface area (Å²) in [5.41, 5.74) is 8.34. The smallest absolute Gasteiger partial charge is 0.219 e. The van der Waals surface area contributed by atoms with Gasteiger partial charge in [-0.15, -0.1) is 0 Å². The van der Waals surface area contributed by atoms with E-state index in [9.17, 15) is 9.59 Å². The molecule has 274 valence electrons. The highest BCUT2D eigenvalue weighted by atomic mass is 35.5. The van der Waals surface area contributed by atoms with Crippen LogP contribution in [-0.2, 0) is 22.7 Å². The molecule has 4 heterocycles. The van der Waals surface area contributed by atoms with E-state index in [4.69, 9.17) is 31.0 Å². The number of amides is 2. The topological polar surface area (TPSA) is 109 Å². The average Bonchev–Trinajstić information content (AvgIpc) is 3.17. The highest BCUT2D eigenvalue weighted by molar-refractivity contribution is 6.35. The van der Waals surface area contributed by atoms with Gasteiger partial charge in [-0.1, -0.05) is 48.0 Å². The van der Waals surface area contributed by atoms with E-state index in [1.54, 1.807) is 34.3 Å². The molecule has 2 aliphatic rings. The summed E-state index contributed by atoms with van der Waals surface area (Å²) in [6.07, 6.45) is 5.52. The summed E-state index contributed by atoms with van der Waals surface area (Å²) in [6, 6.07) is 19.1. The standard InChI is InChI=1S/C41H49ClN6O4/c1-26-34(7-6-8-35(26)37-12-11-31(41(46-37)52-5)25-45-33-16-21-48(22-17-33)28(3)50)36-13-18-43-40(39(36)42)29-9-10-30(38(23-29)51-4)24-44-32-14-19-47(20-15-32)27(2)49/h6-13,18,23,32-33,44-45H,14-17,19-22,24-25H2,1-5H3. The largest absolute Gasteiger partial charge is 0.496 e. The second kappa shape index (κ2) is 16.9. The Kier molecular flexibility index (Phi) is 12.1. The lowest BCUT2D eigenvalue weighted by molar-refractivity contribution is -0.130. The van der Waals surface area contributed by atoms with Gasteiger partial charge in [0.05, 0.1) is 30.6 Å². The lowest BCUT2D eigenvalue weighted by atomic mass is 9.94. The molecule has 0 radical (unpaired) electrons. The number of hydrogen-bond donors (Lipinski definition) is 2. The zero-order valence-corrected chi connectivity index (χ0v) is 31.6. The molecule has 2 aliphatic heterocycles. The molecule has 0 atom stereocenters. The summed E-state index contributed by atoms with van der Waals surface area (Å²) in [5, 5.41) is 7.84. The van der Waals surface area contributed by atoms with Crippen molar-refractivity contribution in [2.45, 2.75) is 71.6 Å². The van der Waals surface area contributed by atoms with Crippen LogP contribution < -0.4 is 20.1 Å². The van der Waals surface area contributed by atoms with Crippen molar-refractivity contribution < 1.29 is 19.1 Å². The van der Waals surface area contributed by atoms with Crippen LogP contribution in [0.2, 0.25) is 5.02 Å². The van der Waals surface area contributed by atoms with E-state index in [2.05, 4.69) is 41.8 Å². The van der Waals surface area contributed by atoms with Crippen molar-refractivity contribution in [3.63, 3.8) is 0 Å². The summed E-state index contributed by atoms with van der Waals surface area (Å²) in [6.45, 7) is 9.79. The van der Waals surface area contributed by atoms with Crippen molar-refractivity contribution in [3.05, 3.63) is 82.5 Å². The number of piperidine rings is 2. The van der Waals surface area contributed by atoms with Crippen molar-refractivity contribution in [2.75, 3.05) is 40.4 Å². The van der Waals surface area contributed by atoms with Gasteiger partial charge in [0.2, 0.25) is 17.7 Å². The van der Waals surface area contributed by atoms with Gasteiger partial charge in [0.15, 0.2) is 0 Å². The molecule has 6 rings (SSSR count). The number of likely N-dealkylation sites (tertiary alicyclic amines) is 2. The van der Waals surface area contributed by atoms with Crippen LogP contribution in [0.1, 0.15) is 56.2 Å². The molecule has 2 fully saturated rings. The maximum absolute atomic E-state index is 11.7. The van der Waals surface area contributed by atoms with Crippen LogP contribution in [0, 0.1) is 6.92 Å². The van der Waals surface area contributed by atoms with Crippen LogP contribution in [0.4, 0.5) is 0 Å². The molecule has 2 aromatic heterocycles. The van der Waals surface area contributed by atoms with Gasteiger partial charge in [-0.3, -0.25) is 14.6 Å². The third-order valence-electron chi connectivity index (χ3n) is 10.5. The molecule has 0 spiro atoms. The molecule has 11 heteroatoms. The fourth-order valence-electron chi connectivity index (χ4n) is 7.33. The van der Waals surface area contributed by atoms with Crippen LogP contribution in [0.15, 0.2) is 60.8 Å². The van der Waals surface area contributed by atoms with E-state index >= 15 is 0 Å². The number of carbonyl (C=O) groups is 2. The van der Waals surface area contributed by atoms with E-state index < -0.39 is 0 Å². The van der Waals surface area contributed by atoms with E-state index in [0.717, 1.165) is 102 Å². The van der Waals surface area contributed by atoms with Gasteiger partial charge in [-0.25, -0.2) is 4.98 Å². The monoisotopic (exact) mass is 724 g/mol. The first-order valence-corrected chi connectivity index (χ1v) is 18.5. The number of carbonyl (C=O) groups excluding carboxylic acids is 2. The minimum atomic E-state index is 0.140. The minimum Gasteiger partial charge on any atom is -0.496 e. The number of nitrogens with one attached hydrogen (secondary N) is 2. The van der Waals surface area contributed by atoms with E-state index in [1.165, 1.54) is 0 Å². The number of nitrogens with zero attached hydrogens (tertiary/aromatic N) is 4. The fourth-order valence-corrected chi connectivity index (χ4v) is 7.65. The zero-order chi connectivity index (χ0) is 36.8. The maximum atomic E-state index is 11.7. The van der Waals surface area contributed by atoms with Gasteiger partial charge in [-0.2, -0.15) is 0 Å². The second-order valence-corrected chi connectivity index (χ2v) is 14.1. The summed E-state index contributed by atoms with van der Waals surface area (Å²) in [4.78, 5) is 36.8. The van der Waals surface area contributed by atoms with Crippen molar-refractivity contribution in [1.29, 1.82) is 0 Å². The van der Waals surface area contributed by atoms with Crippen molar-refractivity contribution in [2.24, 2.45) is 0 Å². The molecule has 0 bridgehead atoms. The lowest BCUT2D eigenvalue weighted by Gasteiger charge is -2.32. The predicted molar refractivity (Wildman–Crippen MR) is 205 cm³/mol. The summed E-state index contributed by atoms with van der Waals surface area (Å²) >= 11 is 7.17. The molecule has 2 N–H and O–H groups in total. The number of aromatic nitrogens is 2. The van der Waals surface area contributed by atoms with E-state index in [0.29, 0.717) is 41.8 Å². The number of hydrogen-bond acceptors (Lipinski definition) is 8. The first-order valence-electron chi connectivity index (χ1n) is 18.1. The number of ether oxygens (including phenoxy) is 2. The van der Waals surface area contributed by atoms with Gasteiger partial charge in [-0.05, 0) is 61.9 Å². The van der Waals surface area contributed by atoms with Crippen LogP contribution in [0.3, 0.4) is 0 Å². The lowest BCUT2D eigenvalue weighted by Crippen LogP contribution is -2.44. The molecule has 2 aromatic carbocycles. The highest BCUT2D eigenvalue weighted by Gasteiger charge is 2.23. The molecular formula is C41H49ClN6O4. The number of methoxy groups -OCH3 is 2. The Balaban J connectivity index is 1.18. The minimum absolute atomic E-state index is 0.140. The van der Waals surface area contributed by atoms with Gasteiger partial charge in [0.25, 0.3) is 0 Å². The van der Waals surface area contributed by atoms with Gasteiger partial charge in [0, 0.05) is 99.2 Å². The third-order valence-corrected chi connectivity index (χ3v) is 10.9. The molecule has 4 aromatic rings. The average molecular weight is 725 g/mol. The first kappa shape index (κ1) is 37.3. The highest BCUT2D eigenvalue weighted by Crippen LogP contribution is 2.40. The zero-order valence-electron chi connectivity index (χ0n) is 30.8. The van der Waals surface area contributed by atoms with Crippen molar-refractivity contribution in [3.8, 4) is 45.3 Å². The molecule has 2 saturated heterocycles. The fraction of sp³-hybridized carbons (Fsp3) is 0.415. The van der Waals surface area contributed by atoms with Crippen LogP contribution in [0.5, 0.6) is 11.6 Å². The number of benzene rings is 2. The Morgan fingerprint density at radius 1 is 0.788 bits per heavy atom. The Morgan fingerprint density at radius 3 is 1.98 bits per heavy atom. The summed E-state index contributed by atoms with van der Waals surface area (Å²) in [5.74, 6) is 1.64. The molecule has 2 amide bonds. The SMILES string of the molecule is COc1cc(-c2nccc(-c3cccc(-c4ccc(CNC5CCN(C(C)=O)CC5)c(OC)n4)c3C)c2Cl)ccc1CNC1CCN(C(C)=O)CC1.